The quantitative estimate of drug-likeness (QED) is 0.873. The Balaban J connectivity index is 2.04. The fourth-order valence-corrected chi connectivity index (χ4v) is 3.05. The summed E-state index contributed by atoms with van der Waals surface area (Å²) in [5.41, 5.74) is 3.49. The van der Waals surface area contributed by atoms with Crippen molar-refractivity contribution in [3.63, 3.8) is 0 Å². The largest absolute Gasteiger partial charge is 0.354 e. The third-order valence-corrected chi connectivity index (χ3v) is 4.41. The van der Waals surface area contributed by atoms with E-state index in [0.717, 1.165) is 43.9 Å². The molecule has 1 aromatic heterocycles. The van der Waals surface area contributed by atoms with Gasteiger partial charge in [0.1, 0.15) is 5.82 Å². The maximum atomic E-state index is 8.93. The number of aromatic nitrogens is 1. The summed E-state index contributed by atoms with van der Waals surface area (Å²) < 4.78 is 0. The van der Waals surface area contributed by atoms with Gasteiger partial charge in [0.25, 0.3) is 0 Å². The number of benzene rings is 1. The predicted molar refractivity (Wildman–Crippen MR) is 90.1 cm³/mol. The van der Waals surface area contributed by atoms with Gasteiger partial charge in [-0.2, -0.15) is 5.26 Å². The van der Waals surface area contributed by atoms with Crippen molar-refractivity contribution in [3.05, 3.63) is 35.4 Å². The molecule has 0 bridgehead atoms. The van der Waals surface area contributed by atoms with Crippen molar-refractivity contribution in [3.8, 4) is 6.07 Å². The van der Waals surface area contributed by atoms with Crippen LogP contribution in [0.25, 0.3) is 10.9 Å². The minimum absolute atomic E-state index is 0.541. The summed E-state index contributed by atoms with van der Waals surface area (Å²) in [7, 11) is 2.16. The lowest BCUT2D eigenvalue weighted by Crippen LogP contribution is -2.45. The standard InChI is InChI=1S/C18H22N4/c1-14-5-3-6-15-13-16(7-4-8-19)18(20-17(14)15)22-11-9-21(2)10-12-22/h3,5-6,13H,4,7,9-12H2,1-2H3. The van der Waals surface area contributed by atoms with Gasteiger partial charge in [0, 0.05) is 38.0 Å². The second-order valence-corrected chi connectivity index (χ2v) is 6.07. The number of aryl methyl sites for hydroxylation is 2. The van der Waals surface area contributed by atoms with Gasteiger partial charge in [-0.1, -0.05) is 18.2 Å². The third-order valence-electron chi connectivity index (χ3n) is 4.41. The van der Waals surface area contributed by atoms with Crippen LogP contribution in [-0.2, 0) is 6.42 Å². The van der Waals surface area contributed by atoms with Crippen LogP contribution in [0.15, 0.2) is 24.3 Å². The van der Waals surface area contributed by atoms with Crippen molar-refractivity contribution in [2.45, 2.75) is 19.8 Å². The molecule has 0 saturated carbocycles. The Kier molecular flexibility index (Phi) is 4.26. The van der Waals surface area contributed by atoms with E-state index in [0.29, 0.717) is 6.42 Å². The molecule has 0 aliphatic carbocycles. The first-order chi connectivity index (χ1) is 10.7. The summed E-state index contributed by atoms with van der Waals surface area (Å²) >= 11 is 0. The summed E-state index contributed by atoms with van der Waals surface area (Å²) in [5, 5.41) is 10.1. The second-order valence-electron chi connectivity index (χ2n) is 6.07. The van der Waals surface area contributed by atoms with Crippen molar-refractivity contribution in [1.29, 1.82) is 5.26 Å². The molecular weight excluding hydrogens is 272 g/mol. The Morgan fingerprint density at radius 3 is 2.73 bits per heavy atom. The first kappa shape index (κ1) is 14.8. The Morgan fingerprint density at radius 1 is 1.23 bits per heavy atom. The topological polar surface area (TPSA) is 43.2 Å². The normalized spacial score (nSPS) is 16.0. The highest BCUT2D eigenvalue weighted by Crippen LogP contribution is 2.27. The lowest BCUT2D eigenvalue weighted by atomic mass is 10.0. The maximum absolute atomic E-state index is 8.93. The number of rotatable bonds is 3. The summed E-state index contributed by atoms with van der Waals surface area (Å²) in [6.45, 7) is 6.23. The number of pyridine rings is 1. The molecule has 1 saturated heterocycles. The van der Waals surface area contributed by atoms with Crippen molar-refractivity contribution >= 4 is 16.7 Å². The number of hydrogen-bond acceptors (Lipinski definition) is 4. The Bertz CT molecular complexity index is 709. The molecule has 1 aromatic carbocycles. The van der Waals surface area contributed by atoms with Gasteiger partial charge in [-0.15, -0.1) is 0 Å². The molecule has 0 radical (unpaired) electrons. The van der Waals surface area contributed by atoms with Gasteiger partial charge in [-0.05, 0) is 37.6 Å². The number of fused-ring (bicyclic) bond motifs is 1. The van der Waals surface area contributed by atoms with Crippen molar-refractivity contribution < 1.29 is 0 Å². The van der Waals surface area contributed by atoms with E-state index >= 15 is 0 Å². The van der Waals surface area contributed by atoms with Crippen LogP contribution in [0, 0.1) is 18.3 Å². The molecule has 0 N–H and O–H groups in total. The first-order valence-electron chi connectivity index (χ1n) is 7.89. The van der Waals surface area contributed by atoms with E-state index in [4.69, 9.17) is 10.2 Å². The van der Waals surface area contributed by atoms with Gasteiger partial charge in [0.2, 0.25) is 0 Å². The molecule has 2 heterocycles. The molecule has 1 fully saturated rings. The van der Waals surface area contributed by atoms with Crippen LogP contribution in [0.4, 0.5) is 5.82 Å². The molecule has 0 atom stereocenters. The highest BCUT2D eigenvalue weighted by Gasteiger charge is 2.19. The van der Waals surface area contributed by atoms with Crippen LogP contribution < -0.4 is 4.90 Å². The van der Waals surface area contributed by atoms with E-state index in [9.17, 15) is 0 Å². The minimum atomic E-state index is 0.541. The zero-order valence-electron chi connectivity index (χ0n) is 13.3. The second kappa shape index (κ2) is 6.33. The zero-order valence-corrected chi connectivity index (χ0v) is 13.3. The minimum Gasteiger partial charge on any atom is -0.354 e. The van der Waals surface area contributed by atoms with Gasteiger partial charge in [0.15, 0.2) is 0 Å². The number of likely N-dealkylation sites (N-methyl/N-ethyl adjacent to an activating group) is 1. The molecular formula is C18H22N4. The van der Waals surface area contributed by atoms with Crippen LogP contribution in [0.1, 0.15) is 17.5 Å². The van der Waals surface area contributed by atoms with Crippen LogP contribution in [0.2, 0.25) is 0 Å². The highest BCUT2D eigenvalue weighted by atomic mass is 15.3. The van der Waals surface area contributed by atoms with E-state index in [-0.39, 0.29) is 0 Å². The molecule has 2 aromatic rings. The molecule has 114 valence electrons. The fraction of sp³-hybridized carbons (Fsp3) is 0.444. The SMILES string of the molecule is Cc1cccc2cc(CCC#N)c(N3CCN(C)CC3)nc12. The van der Waals surface area contributed by atoms with Crippen LogP contribution in [0.3, 0.4) is 0 Å². The Morgan fingerprint density at radius 2 is 2.00 bits per heavy atom. The molecule has 0 amide bonds. The number of para-hydroxylation sites is 1. The van der Waals surface area contributed by atoms with E-state index in [1.165, 1.54) is 16.5 Å². The van der Waals surface area contributed by atoms with Gasteiger partial charge in [-0.25, -0.2) is 4.98 Å². The third kappa shape index (κ3) is 2.90. The lowest BCUT2D eigenvalue weighted by molar-refractivity contribution is 0.312. The number of anilines is 1. The van der Waals surface area contributed by atoms with Crippen LogP contribution in [-0.4, -0.2) is 43.1 Å². The maximum Gasteiger partial charge on any atom is 0.132 e. The summed E-state index contributed by atoms with van der Waals surface area (Å²) in [6, 6.07) is 10.8. The van der Waals surface area contributed by atoms with E-state index in [1.54, 1.807) is 0 Å². The molecule has 22 heavy (non-hydrogen) atoms. The summed E-state index contributed by atoms with van der Waals surface area (Å²) in [4.78, 5) is 9.69. The first-order valence-corrected chi connectivity index (χ1v) is 7.89. The smallest absolute Gasteiger partial charge is 0.132 e. The van der Waals surface area contributed by atoms with Gasteiger partial charge < -0.3 is 9.80 Å². The summed E-state index contributed by atoms with van der Waals surface area (Å²) in [5.74, 6) is 1.07. The van der Waals surface area contributed by atoms with Gasteiger partial charge >= 0.3 is 0 Å². The van der Waals surface area contributed by atoms with Crippen LogP contribution >= 0.6 is 0 Å². The van der Waals surface area contributed by atoms with Crippen molar-refractivity contribution in [1.82, 2.24) is 9.88 Å². The van der Waals surface area contributed by atoms with Crippen molar-refractivity contribution in [2.24, 2.45) is 0 Å². The lowest BCUT2D eigenvalue weighted by Gasteiger charge is -2.34. The molecule has 1 aliphatic heterocycles. The molecule has 4 nitrogen and oxygen atoms in total. The van der Waals surface area contributed by atoms with E-state index in [2.05, 4.69) is 54.1 Å². The Hall–Kier alpha value is -2.12. The molecule has 1 aliphatic rings. The molecule has 3 rings (SSSR count). The van der Waals surface area contributed by atoms with E-state index in [1.807, 2.05) is 0 Å². The van der Waals surface area contributed by atoms with E-state index < -0.39 is 0 Å². The predicted octanol–water partition coefficient (Wildman–Crippen LogP) is 2.75. The number of nitrogens with zero attached hydrogens (tertiary/aromatic N) is 4. The van der Waals surface area contributed by atoms with Crippen LogP contribution in [0.5, 0.6) is 0 Å². The number of nitriles is 1. The number of piperazine rings is 1. The number of hydrogen-bond donors (Lipinski definition) is 0. The fourth-order valence-electron chi connectivity index (χ4n) is 3.05. The average molecular weight is 294 g/mol. The van der Waals surface area contributed by atoms with Gasteiger partial charge in [0.05, 0.1) is 11.6 Å². The van der Waals surface area contributed by atoms with Gasteiger partial charge in [-0.3, -0.25) is 0 Å². The zero-order chi connectivity index (χ0) is 15.5. The molecule has 0 spiro atoms. The highest BCUT2D eigenvalue weighted by molar-refractivity contribution is 5.84. The summed E-state index contributed by atoms with van der Waals surface area (Å²) in [6.07, 6.45) is 1.31. The monoisotopic (exact) mass is 294 g/mol. The van der Waals surface area contributed by atoms with Crippen molar-refractivity contribution in [2.75, 3.05) is 38.1 Å². The molecule has 0 unspecified atom stereocenters. The average Bonchev–Trinajstić information content (AvgIpc) is 2.53. The Labute approximate surface area is 132 Å². The molecule has 4 heteroatoms.